The zero-order valence-corrected chi connectivity index (χ0v) is 14.4. The maximum absolute atomic E-state index is 11.6. The van der Waals surface area contributed by atoms with Crippen LogP contribution in [-0.2, 0) is 4.79 Å². The van der Waals surface area contributed by atoms with Crippen LogP contribution in [0.2, 0.25) is 0 Å². The van der Waals surface area contributed by atoms with Crippen molar-refractivity contribution in [1.82, 2.24) is 15.5 Å². The first kappa shape index (κ1) is 16.3. The number of rotatable bonds is 6. The Bertz CT molecular complexity index is 897. The Morgan fingerprint density at radius 1 is 1.12 bits per heavy atom. The van der Waals surface area contributed by atoms with Gasteiger partial charge in [-0.15, -0.1) is 0 Å². The molecule has 2 aromatic carbocycles. The fourth-order valence-corrected chi connectivity index (χ4v) is 2.50. The SMILES string of the molecule is Cc1ccc(-c2noc(-c3ccc(OCC(=O)NC4CC4)cc3)n2)cc1. The van der Waals surface area contributed by atoms with Gasteiger partial charge < -0.3 is 14.6 Å². The van der Waals surface area contributed by atoms with Gasteiger partial charge in [-0.1, -0.05) is 35.0 Å². The highest BCUT2D eigenvalue weighted by molar-refractivity contribution is 5.78. The smallest absolute Gasteiger partial charge is 0.258 e. The molecule has 1 aliphatic carbocycles. The monoisotopic (exact) mass is 349 g/mol. The lowest BCUT2D eigenvalue weighted by Crippen LogP contribution is -2.30. The summed E-state index contributed by atoms with van der Waals surface area (Å²) in [5, 5.41) is 6.92. The third kappa shape index (κ3) is 3.91. The number of nitrogens with zero attached hydrogens (tertiary/aromatic N) is 2. The highest BCUT2D eigenvalue weighted by atomic mass is 16.5. The Kier molecular flexibility index (Phi) is 4.39. The molecule has 3 aromatic rings. The molecule has 1 amide bonds. The third-order valence-corrected chi connectivity index (χ3v) is 4.15. The van der Waals surface area contributed by atoms with Gasteiger partial charge in [-0.05, 0) is 44.0 Å². The lowest BCUT2D eigenvalue weighted by Gasteiger charge is -2.06. The molecule has 132 valence electrons. The molecule has 0 aliphatic heterocycles. The maximum Gasteiger partial charge on any atom is 0.258 e. The van der Waals surface area contributed by atoms with Crippen molar-refractivity contribution in [1.29, 1.82) is 0 Å². The largest absolute Gasteiger partial charge is 0.484 e. The minimum absolute atomic E-state index is 0.0218. The second kappa shape index (κ2) is 7.00. The van der Waals surface area contributed by atoms with Crippen LogP contribution in [0.3, 0.4) is 0 Å². The molecule has 0 bridgehead atoms. The first-order valence-corrected chi connectivity index (χ1v) is 8.61. The van der Waals surface area contributed by atoms with Crippen LogP contribution in [0.15, 0.2) is 53.1 Å². The number of amides is 1. The zero-order valence-electron chi connectivity index (χ0n) is 14.4. The van der Waals surface area contributed by atoms with Gasteiger partial charge in [-0.3, -0.25) is 4.79 Å². The summed E-state index contributed by atoms with van der Waals surface area (Å²) in [6.45, 7) is 2.05. The highest BCUT2D eigenvalue weighted by Crippen LogP contribution is 2.24. The number of ether oxygens (including phenoxy) is 1. The molecule has 0 atom stereocenters. The van der Waals surface area contributed by atoms with Crippen molar-refractivity contribution in [2.45, 2.75) is 25.8 Å². The van der Waals surface area contributed by atoms with Crippen molar-refractivity contribution in [2.24, 2.45) is 0 Å². The third-order valence-electron chi connectivity index (χ3n) is 4.15. The van der Waals surface area contributed by atoms with E-state index in [4.69, 9.17) is 9.26 Å². The van der Waals surface area contributed by atoms with Crippen LogP contribution in [0.25, 0.3) is 22.8 Å². The summed E-state index contributed by atoms with van der Waals surface area (Å²) in [5.41, 5.74) is 2.89. The normalized spacial score (nSPS) is 13.4. The van der Waals surface area contributed by atoms with E-state index >= 15 is 0 Å². The molecule has 0 unspecified atom stereocenters. The van der Waals surface area contributed by atoms with Crippen molar-refractivity contribution < 1.29 is 14.1 Å². The summed E-state index contributed by atoms with van der Waals surface area (Å²) < 4.78 is 10.9. The van der Waals surface area contributed by atoms with E-state index in [1.807, 2.05) is 43.3 Å². The molecule has 0 radical (unpaired) electrons. The molecule has 1 fully saturated rings. The molecule has 0 spiro atoms. The van der Waals surface area contributed by atoms with Gasteiger partial charge >= 0.3 is 0 Å². The van der Waals surface area contributed by atoms with E-state index in [9.17, 15) is 4.79 Å². The van der Waals surface area contributed by atoms with Gasteiger partial charge in [-0.2, -0.15) is 4.98 Å². The summed E-state index contributed by atoms with van der Waals surface area (Å²) >= 11 is 0. The van der Waals surface area contributed by atoms with Crippen LogP contribution in [0.4, 0.5) is 0 Å². The Morgan fingerprint density at radius 3 is 2.50 bits per heavy atom. The molecular weight excluding hydrogens is 330 g/mol. The quantitative estimate of drug-likeness (QED) is 0.738. The number of hydrogen-bond acceptors (Lipinski definition) is 5. The molecular formula is C20H19N3O3. The van der Waals surface area contributed by atoms with Crippen LogP contribution in [0.5, 0.6) is 5.75 Å². The van der Waals surface area contributed by atoms with E-state index in [-0.39, 0.29) is 12.5 Å². The first-order chi connectivity index (χ1) is 12.7. The Labute approximate surface area is 151 Å². The number of benzene rings is 2. The number of hydrogen-bond donors (Lipinski definition) is 1. The van der Waals surface area contributed by atoms with Crippen LogP contribution >= 0.6 is 0 Å². The first-order valence-electron chi connectivity index (χ1n) is 8.61. The van der Waals surface area contributed by atoms with E-state index in [1.165, 1.54) is 5.56 Å². The van der Waals surface area contributed by atoms with Gasteiger partial charge in [0.15, 0.2) is 6.61 Å². The summed E-state index contributed by atoms with van der Waals surface area (Å²) in [7, 11) is 0. The van der Waals surface area contributed by atoms with Gasteiger partial charge in [0.2, 0.25) is 5.82 Å². The van der Waals surface area contributed by atoms with Gasteiger partial charge in [0.25, 0.3) is 11.8 Å². The Hall–Kier alpha value is -3.15. The van der Waals surface area contributed by atoms with Crippen LogP contribution in [0.1, 0.15) is 18.4 Å². The molecule has 1 aliphatic rings. The minimum Gasteiger partial charge on any atom is -0.484 e. The number of aryl methyl sites for hydroxylation is 1. The average molecular weight is 349 g/mol. The van der Waals surface area contributed by atoms with Crippen molar-refractivity contribution in [2.75, 3.05) is 6.61 Å². The molecule has 4 rings (SSSR count). The second-order valence-corrected chi connectivity index (χ2v) is 6.44. The second-order valence-electron chi connectivity index (χ2n) is 6.44. The Morgan fingerprint density at radius 2 is 1.81 bits per heavy atom. The van der Waals surface area contributed by atoms with Crippen LogP contribution in [0, 0.1) is 6.92 Å². The molecule has 1 heterocycles. The summed E-state index contributed by atoms with van der Waals surface area (Å²) in [6, 6.07) is 15.5. The topological polar surface area (TPSA) is 77.2 Å². The van der Waals surface area contributed by atoms with Crippen molar-refractivity contribution in [3.8, 4) is 28.6 Å². The van der Waals surface area contributed by atoms with Crippen LogP contribution < -0.4 is 10.1 Å². The zero-order chi connectivity index (χ0) is 17.9. The number of carbonyl (C=O) groups is 1. The van der Waals surface area contributed by atoms with Crippen LogP contribution in [-0.4, -0.2) is 28.7 Å². The summed E-state index contributed by atoms with van der Waals surface area (Å²) in [6.07, 6.45) is 2.13. The van der Waals surface area contributed by atoms with E-state index in [2.05, 4.69) is 15.5 Å². The fraction of sp³-hybridized carbons (Fsp3) is 0.250. The van der Waals surface area contributed by atoms with E-state index in [1.54, 1.807) is 12.1 Å². The van der Waals surface area contributed by atoms with Crippen molar-refractivity contribution in [3.05, 3.63) is 54.1 Å². The molecule has 1 saturated carbocycles. The molecule has 1 aromatic heterocycles. The molecule has 6 nitrogen and oxygen atoms in total. The van der Waals surface area contributed by atoms with E-state index < -0.39 is 0 Å². The number of carbonyl (C=O) groups excluding carboxylic acids is 1. The highest BCUT2D eigenvalue weighted by Gasteiger charge is 2.23. The molecule has 0 saturated heterocycles. The number of aromatic nitrogens is 2. The summed E-state index contributed by atoms with van der Waals surface area (Å²) in [4.78, 5) is 16.1. The predicted octanol–water partition coefficient (Wildman–Crippen LogP) is 3.37. The van der Waals surface area contributed by atoms with E-state index in [0.29, 0.717) is 23.5 Å². The van der Waals surface area contributed by atoms with Crippen molar-refractivity contribution in [3.63, 3.8) is 0 Å². The van der Waals surface area contributed by atoms with E-state index in [0.717, 1.165) is 24.0 Å². The average Bonchev–Trinajstić information content (AvgIpc) is 3.33. The predicted molar refractivity (Wildman–Crippen MR) is 96.6 cm³/mol. The minimum atomic E-state index is -0.0868. The molecule has 6 heteroatoms. The maximum atomic E-state index is 11.6. The lowest BCUT2D eigenvalue weighted by atomic mass is 10.1. The van der Waals surface area contributed by atoms with Gasteiger partial charge in [0, 0.05) is 17.2 Å². The molecule has 26 heavy (non-hydrogen) atoms. The van der Waals surface area contributed by atoms with Gasteiger partial charge in [0.05, 0.1) is 0 Å². The number of nitrogens with one attached hydrogen (secondary N) is 1. The Balaban J connectivity index is 1.40. The fourth-order valence-electron chi connectivity index (χ4n) is 2.50. The van der Waals surface area contributed by atoms with Gasteiger partial charge in [-0.25, -0.2) is 0 Å². The standard InChI is InChI=1S/C20H19N3O3/c1-13-2-4-14(5-3-13)19-22-20(26-23-19)15-6-10-17(11-7-15)25-12-18(24)21-16-8-9-16/h2-7,10-11,16H,8-9,12H2,1H3,(H,21,24). The van der Waals surface area contributed by atoms with Crippen molar-refractivity contribution >= 4 is 5.91 Å². The lowest BCUT2D eigenvalue weighted by molar-refractivity contribution is -0.123. The van der Waals surface area contributed by atoms with Gasteiger partial charge in [0.1, 0.15) is 5.75 Å². The molecule has 1 N–H and O–H groups in total. The summed E-state index contributed by atoms with van der Waals surface area (Å²) in [5.74, 6) is 1.53.